The number of nitrogens with zero attached hydrogens (tertiary/aromatic N) is 1. The number of carbonyl (C=O) groups is 1. The predicted octanol–water partition coefficient (Wildman–Crippen LogP) is 4.25. The molecule has 1 aliphatic heterocycles. The van der Waals surface area contributed by atoms with Crippen molar-refractivity contribution in [3.8, 4) is 0 Å². The molecule has 1 aromatic rings. The van der Waals surface area contributed by atoms with Gasteiger partial charge in [0.2, 0.25) is 0 Å². The van der Waals surface area contributed by atoms with E-state index < -0.39 is 5.97 Å². The normalized spacial score (nSPS) is 20.7. The molecule has 2 rings (SSSR count). The molecule has 1 unspecified atom stereocenters. The number of aliphatic carboxylic acids is 1. The van der Waals surface area contributed by atoms with Crippen LogP contribution < -0.4 is 0 Å². The van der Waals surface area contributed by atoms with Gasteiger partial charge in [0.15, 0.2) is 0 Å². The van der Waals surface area contributed by atoms with Crippen LogP contribution in [0.4, 0.5) is 0 Å². The van der Waals surface area contributed by atoms with Crippen LogP contribution >= 0.6 is 11.3 Å². The first kappa shape index (κ1) is 16.2. The largest absolute Gasteiger partial charge is 0.478 e. The van der Waals surface area contributed by atoms with Crippen LogP contribution in [0.25, 0.3) is 6.08 Å². The average molecular weight is 307 g/mol. The fourth-order valence-electron chi connectivity index (χ4n) is 3.07. The van der Waals surface area contributed by atoms with Crippen LogP contribution in [0.1, 0.15) is 49.5 Å². The Morgan fingerprint density at radius 3 is 3.10 bits per heavy atom. The van der Waals surface area contributed by atoms with Gasteiger partial charge >= 0.3 is 5.97 Å². The Bertz CT molecular complexity index is 481. The maximum absolute atomic E-state index is 10.6. The summed E-state index contributed by atoms with van der Waals surface area (Å²) in [5.74, 6) is 0.0130. The van der Waals surface area contributed by atoms with E-state index in [1.54, 1.807) is 17.4 Å². The minimum absolute atomic E-state index is 0.885. The number of hydrogen-bond acceptors (Lipinski definition) is 3. The summed E-state index contributed by atoms with van der Waals surface area (Å²) in [5.41, 5.74) is 1.05. The summed E-state index contributed by atoms with van der Waals surface area (Å²) in [4.78, 5) is 14.5. The zero-order valence-electron chi connectivity index (χ0n) is 12.8. The lowest BCUT2D eigenvalue weighted by Gasteiger charge is -2.19. The second-order valence-corrected chi connectivity index (χ2v) is 6.83. The molecule has 1 fully saturated rings. The summed E-state index contributed by atoms with van der Waals surface area (Å²) in [7, 11) is 0. The van der Waals surface area contributed by atoms with Gasteiger partial charge in [-0.25, -0.2) is 4.79 Å². The fourth-order valence-corrected chi connectivity index (χ4v) is 3.98. The first-order valence-corrected chi connectivity index (χ1v) is 8.76. The van der Waals surface area contributed by atoms with Crippen LogP contribution in [0, 0.1) is 5.92 Å². The minimum Gasteiger partial charge on any atom is -0.478 e. The van der Waals surface area contributed by atoms with E-state index >= 15 is 0 Å². The van der Waals surface area contributed by atoms with Crippen LogP contribution in [-0.2, 0) is 11.3 Å². The Balaban J connectivity index is 1.93. The summed E-state index contributed by atoms with van der Waals surface area (Å²) in [5, 5.41) is 10.8. The van der Waals surface area contributed by atoms with E-state index in [2.05, 4.69) is 17.2 Å². The van der Waals surface area contributed by atoms with Crippen molar-refractivity contribution in [3.63, 3.8) is 0 Å². The summed E-state index contributed by atoms with van der Waals surface area (Å²) in [6.07, 6.45) is 9.55. The number of thiophene rings is 1. The van der Waals surface area contributed by atoms with Crippen LogP contribution in [0.5, 0.6) is 0 Å². The molecule has 1 aliphatic rings. The van der Waals surface area contributed by atoms with E-state index in [-0.39, 0.29) is 0 Å². The molecule has 2 heterocycles. The SMILES string of the molecule is CCCC1CCCN(Cc2sccc2C=CC(=O)O)CC1. The van der Waals surface area contributed by atoms with Crippen molar-refractivity contribution in [1.29, 1.82) is 0 Å². The van der Waals surface area contributed by atoms with Gasteiger partial charge in [-0.1, -0.05) is 19.8 Å². The van der Waals surface area contributed by atoms with Crippen molar-refractivity contribution in [2.45, 2.75) is 45.6 Å². The number of rotatable bonds is 6. The first-order valence-electron chi connectivity index (χ1n) is 7.88. The number of likely N-dealkylation sites (tertiary alicyclic amines) is 1. The third-order valence-electron chi connectivity index (χ3n) is 4.19. The molecule has 0 aliphatic carbocycles. The lowest BCUT2D eigenvalue weighted by atomic mass is 9.96. The van der Waals surface area contributed by atoms with Gasteiger partial charge in [0.1, 0.15) is 0 Å². The van der Waals surface area contributed by atoms with E-state index in [9.17, 15) is 4.79 Å². The van der Waals surface area contributed by atoms with Gasteiger partial charge in [0, 0.05) is 17.5 Å². The average Bonchev–Trinajstić information content (AvgIpc) is 2.77. The highest BCUT2D eigenvalue weighted by molar-refractivity contribution is 7.10. The molecule has 1 saturated heterocycles. The lowest BCUT2D eigenvalue weighted by Crippen LogP contribution is -2.24. The van der Waals surface area contributed by atoms with Crippen LogP contribution in [0.2, 0.25) is 0 Å². The summed E-state index contributed by atoms with van der Waals surface area (Å²) in [6.45, 7) is 5.57. The van der Waals surface area contributed by atoms with Crippen molar-refractivity contribution >= 4 is 23.4 Å². The molecule has 1 atom stereocenters. The first-order chi connectivity index (χ1) is 10.2. The molecule has 21 heavy (non-hydrogen) atoms. The monoisotopic (exact) mass is 307 g/mol. The minimum atomic E-state index is -0.885. The lowest BCUT2D eigenvalue weighted by molar-refractivity contribution is -0.131. The molecule has 1 aromatic heterocycles. The quantitative estimate of drug-likeness (QED) is 0.799. The van der Waals surface area contributed by atoms with E-state index in [1.165, 1.54) is 56.1 Å². The highest BCUT2D eigenvalue weighted by atomic mass is 32.1. The summed E-state index contributed by atoms with van der Waals surface area (Å²) < 4.78 is 0. The van der Waals surface area contributed by atoms with E-state index in [1.807, 2.05) is 6.07 Å². The molecule has 0 bridgehead atoms. The fraction of sp³-hybridized carbons (Fsp3) is 0.588. The third kappa shape index (κ3) is 5.29. The van der Waals surface area contributed by atoms with Crippen LogP contribution in [0.15, 0.2) is 17.5 Å². The van der Waals surface area contributed by atoms with Gasteiger partial charge in [-0.2, -0.15) is 0 Å². The zero-order chi connectivity index (χ0) is 15.1. The van der Waals surface area contributed by atoms with Gasteiger partial charge in [0.05, 0.1) is 0 Å². The Kier molecular flexibility index (Phi) is 6.46. The zero-order valence-corrected chi connectivity index (χ0v) is 13.6. The van der Waals surface area contributed by atoms with E-state index in [0.717, 1.165) is 18.0 Å². The van der Waals surface area contributed by atoms with Gasteiger partial charge in [-0.05, 0) is 61.4 Å². The highest BCUT2D eigenvalue weighted by Crippen LogP contribution is 2.25. The Labute approximate surface area is 131 Å². The highest BCUT2D eigenvalue weighted by Gasteiger charge is 2.17. The Hall–Kier alpha value is -1.13. The molecule has 3 nitrogen and oxygen atoms in total. The molecule has 116 valence electrons. The summed E-state index contributed by atoms with van der Waals surface area (Å²) in [6, 6.07) is 2.01. The molecule has 0 amide bonds. The molecule has 0 aromatic carbocycles. The van der Waals surface area contributed by atoms with Gasteiger partial charge < -0.3 is 5.11 Å². The standard InChI is InChI=1S/C17H25NO2S/c1-2-4-14-5-3-10-18(11-8-14)13-16-15(9-12-21-16)6-7-17(19)20/h6-7,9,12,14H,2-5,8,10-11,13H2,1H3,(H,19,20). The van der Waals surface area contributed by atoms with Crippen LogP contribution in [0.3, 0.4) is 0 Å². The molecule has 0 spiro atoms. The number of carboxylic acid groups (broad SMARTS) is 1. The van der Waals surface area contributed by atoms with Crippen molar-refractivity contribution < 1.29 is 9.90 Å². The van der Waals surface area contributed by atoms with Crippen molar-refractivity contribution in [2.24, 2.45) is 5.92 Å². The molecular weight excluding hydrogens is 282 g/mol. The van der Waals surface area contributed by atoms with Gasteiger partial charge in [0.25, 0.3) is 0 Å². The van der Waals surface area contributed by atoms with Crippen molar-refractivity contribution in [1.82, 2.24) is 4.90 Å². The van der Waals surface area contributed by atoms with Gasteiger partial charge in [-0.15, -0.1) is 11.3 Å². The smallest absolute Gasteiger partial charge is 0.328 e. The Morgan fingerprint density at radius 2 is 2.33 bits per heavy atom. The van der Waals surface area contributed by atoms with Crippen molar-refractivity contribution in [2.75, 3.05) is 13.1 Å². The predicted molar refractivity (Wildman–Crippen MR) is 88.5 cm³/mol. The second kappa shape index (κ2) is 8.35. The molecular formula is C17H25NO2S. The van der Waals surface area contributed by atoms with E-state index in [0.29, 0.717) is 0 Å². The molecule has 0 radical (unpaired) electrons. The van der Waals surface area contributed by atoms with Crippen LogP contribution in [-0.4, -0.2) is 29.1 Å². The molecule has 4 heteroatoms. The number of hydrogen-bond donors (Lipinski definition) is 1. The summed E-state index contributed by atoms with van der Waals surface area (Å²) >= 11 is 1.73. The maximum atomic E-state index is 10.6. The third-order valence-corrected chi connectivity index (χ3v) is 5.11. The second-order valence-electron chi connectivity index (χ2n) is 5.83. The van der Waals surface area contributed by atoms with E-state index in [4.69, 9.17) is 5.11 Å². The topological polar surface area (TPSA) is 40.5 Å². The number of carboxylic acids is 1. The Morgan fingerprint density at radius 1 is 1.48 bits per heavy atom. The van der Waals surface area contributed by atoms with Gasteiger partial charge in [-0.3, -0.25) is 4.90 Å². The molecule has 0 saturated carbocycles. The molecule has 1 N–H and O–H groups in total. The van der Waals surface area contributed by atoms with Crippen molar-refractivity contribution in [3.05, 3.63) is 28.0 Å². The maximum Gasteiger partial charge on any atom is 0.328 e.